The molecule has 0 unspecified atom stereocenters. The normalized spacial score (nSPS) is 10.3. The van der Waals surface area contributed by atoms with Crippen molar-refractivity contribution < 1.29 is 19.1 Å². The van der Waals surface area contributed by atoms with E-state index in [1.807, 2.05) is 12.1 Å². The third-order valence-electron chi connectivity index (χ3n) is 4.10. The predicted octanol–water partition coefficient (Wildman–Crippen LogP) is 4.04. The van der Waals surface area contributed by atoms with Crippen molar-refractivity contribution in [2.75, 3.05) is 33.1 Å². The summed E-state index contributed by atoms with van der Waals surface area (Å²) in [5, 5.41) is 3.44. The number of ether oxygens (including phenoxy) is 2. The molecule has 0 fully saturated rings. The van der Waals surface area contributed by atoms with Gasteiger partial charge in [-0.1, -0.05) is 35.3 Å². The van der Waals surface area contributed by atoms with Gasteiger partial charge >= 0.3 is 0 Å². The highest BCUT2D eigenvalue weighted by molar-refractivity contribution is 6.42. The summed E-state index contributed by atoms with van der Waals surface area (Å²) in [7, 11) is 4.70. The second-order valence-electron chi connectivity index (χ2n) is 6.08. The number of carbonyl (C=O) groups excluding carboxylic acids is 2. The smallest absolute Gasteiger partial charge is 0.243 e. The van der Waals surface area contributed by atoms with Crippen LogP contribution in [0.25, 0.3) is 0 Å². The number of aryl methyl sites for hydroxylation is 1. The van der Waals surface area contributed by atoms with Crippen LogP contribution in [-0.2, 0) is 16.0 Å². The average molecular weight is 425 g/mol. The van der Waals surface area contributed by atoms with E-state index in [9.17, 15) is 9.59 Å². The molecule has 0 atom stereocenters. The van der Waals surface area contributed by atoms with Gasteiger partial charge in [-0.25, -0.2) is 0 Å². The first-order valence-electron chi connectivity index (χ1n) is 8.54. The number of para-hydroxylation sites is 1. The van der Waals surface area contributed by atoms with Crippen molar-refractivity contribution >= 4 is 40.7 Å². The van der Waals surface area contributed by atoms with Crippen LogP contribution in [0.2, 0.25) is 10.0 Å². The Balaban J connectivity index is 1.90. The Hall–Kier alpha value is -2.44. The predicted molar refractivity (Wildman–Crippen MR) is 111 cm³/mol. The van der Waals surface area contributed by atoms with Gasteiger partial charge in [-0.2, -0.15) is 0 Å². The number of carbonyl (C=O) groups is 2. The number of hydrogen-bond donors (Lipinski definition) is 1. The Morgan fingerprint density at radius 3 is 2.46 bits per heavy atom. The maximum atomic E-state index is 12.4. The molecule has 0 aromatic heterocycles. The molecule has 6 nitrogen and oxygen atoms in total. The number of amides is 2. The van der Waals surface area contributed by atoms with Crippen molar-refractivity contribution in [2.45, 2.75) is 12.8 Å². The number of anilines is 1. The van der Waals surface area contributed by atoms with Crippen molar-refractivity contribution in [3.8, 4) is 11.5 Å². The largest absolute Gasteiger partial charge is 0.493 e. The lowest BCUT2D eigenvalue weighted by atomic mass is 10.1. The fourth-order valence-corrected chi connectivity index (χ4v) is 2.96. The second kappa shape index (κ2) is 10.2. The first kappa shape index (κ1) is 21.9. The molecule has 2 rings (SSSR count). The van der Waals surface area contributed by atoms with E-state index >= 15 is 0 Å². The van der Waals surface area contributed by atoms with Crippen molar-refractivity contribution in [1.82, 2.24) is 4.90 Å². The number of rotatable bonds is 8. The molecule has 8 heteroatoms. The minimum atomic E-state index is -0.326. The summed E-state index contributed by atoms with van der Waals surface area (Å²) in [6.07, 6.45) is 0.706. The fourth-order valence-electron chi connectivity index (χ4n) is 2.66. The van der Waals surface area contributed by atoms with Gasteiger partial charge in [-0.15, -0.1) is 0 Å². The lowest BCUT2D eigenvalue weighted by Gasteiger charge is -2.18. The molecule has 0 aliphatic carbocycles. The maximum Gasteiger partial charge on any atom is 0.243 e. The summed E-state index contributed by atoms with van der Waals surface area (Å²) >= 11 is 11.8. The van der Waals surface area contributed by atoms with Crippen molar-refractivity contribution in [2.24, 2.45) is 0 Å². The van der Waals surface area contributed by atoms with E-state index in [1.165, 1.54) is 4.90 Å². The highest BCUT2D eigenvalue weighted by atomic mass is 35.5. The number of nitrogens with zero attached hydrogens (tertiary/aromatic N) is 1. The first-order chi connectivity index (χ1) is 13.3. The van der Waals surface area contributed by atoms with Crippen LogP contribution in [0.5, 0.6) is 11.5 Å². The standard InChI is InChI=1S/C20H22Cl2N2O4/c1-24(12-18(25)23-14-8-9-15(21)16(22)11-14)19(26)10-7-13-5-4-6-17(27-2)20(13)28-3/h4-6,8-9,11H,7,10,12H2,1-3H3,(H,23,25). The van der Waals surface area contributed by atoms with E-state index < -0.39 is 0 Å². The zero-order chi connectivity index (χ0) is 20.7. The topological polar surface area (TPSA) is 67.9 Å². The molecule has 2 amide bonds. The molecule has 0 spiro atoms. The summed E-state index contributed by atoms with van der Waals surface area (Å²) in [5.41, 5.74) is 1.38. The van der Waals surface area contributed by atoms with E-state index in [0.29, 0.717) is 33.7 Å². The Morgan fingerprint density at radius 1 is 1.07 bits per heavy atom. The highest BCUT2D eigenvalue weighted by Gasteiger charge is 2.16. The van der Waals surface area contributed by atoms with Crippen LogP contribution >= 0.6 is 23.2 Å². The van der Waals surface area contributed by atoms with E-state index in [-0.39, 0.29) is 24.8 Å². The van der Waals surface area contributed by atoms with Gasteiger partial charge in [0.2, 0.25) is 11.8 Å². The minimum absolute atomic E-state index is 0.0751. The zero-order valence-electron chi connectivity index (χ0n) is 15.9. The Labute approximate surface area is 174 Å². The maximum absolute atomic E-state index is 12.4. The molecule has 0 aliphatic rings. The third-order valence-corrected chi connectivity index (χ3v) is 4.84. The van der Waals surface area contributed by atoms with Gasteiger partial charge in [0.15, 0.2) is 11.5 Å². The molecule has 0 radical (unpaired) electrons. The number of hydrogen-bond acceptors (Lipinski definition) is 4. The molecule has 0 aliphatic heterocycles. The Morgan fingerprint density at radius 2 is 1.82 bits per heavy atom. The number of likely N-dealkylation sites (N-methyl/N-ethyl adjacent to an activating group) is 1. The molecule has 0 heterocycles. The molecule has 28 heavy (non-hydrogen) atoms. The molecule has 150 valence electrons. The van der Waals surface area contributed by atoms with Crippen LogP contribution in [0.1, 0.15) is 12.0 Å². The summed E-state index contributed by atoms with van der Waals surface area (Å²) in [6, 6.07) is 10.3. The van der Waals surface area contributed by atoms with Gasteiger partial charge in [-0.3, -0.25) is 9.59 Å². The van der Waals surface area contributed by atoms with Gasteiger partial charge in [0.25, 0.3) is 0 Å². The summed E-state index contributed by atoms with van der Waals surface area (Å²) < 4.78 is 10.6. The third kappa shape index (κ3) is 5.78. The highest BCUT2D eigenvalue weighted by Crippen LogP contribution is 2.31. The molecule has 0 saturated heterocycles. The lowest BCUT2D eigenvalue weighted by molar-refractivity contribution is -0.133. The van der Waals surface area contributed by atoms with Gasteiger partial charge < -0.3 is 19.7 Å². The van der Waals surface area contributed by atoms with Gasteiger partial charge in [0, 0.05) is 19.2 Å². The molecule has 2 aromatic rings. The first-order valence-corrected chi connectivity index (χ1v) is 9.30. The lowest BCUT2D eigenvalue weighted by Crippen LogP contribution is -2.35. The van der Waals surface area contributed by atoms with Crippen LogP contribution in [0.3, 0.4) is 0 Å². The number of nitrogens with one attached hydrogen (secondary N) is 1. The van der Waals surface area contributed by atoms with Crippen LogP contribution in [-0.4, -0.2) is 44.5 Å². The van der Waals surface area contributed by atoms with Crippen molar-refractivity contribution in [1.29, 1.82) is 0 Å². The van der Waals surface area contributed by atoms with Gasteiger partial charge in [0.1, 0.15) is 0 Å². The fraction of sp³-hybridized carbons (Fsp3) is 0.300. The molecular weight excluding hydrogens is 403 g/mol. The number of halogens is 2. The van der Waals surface area contributed by atoms with E-state index in [1.54, 1.807) is 45.5 Å². The van der Waals surface area contributed by atoms with Crippen molar-refractivity contribution in [3.05, 3.63) is 52.0 Å². The Kier molecular flexibility index (Phi) is 7.96. The van der Waals surface area contributed by atoms with Gasteiger partial charge in [-0.05, 0) is 36.2 Å². The SMILES string of the molecule is COc1cccc(CCC(=O)N(C)CC(=O)Nc2ccc(Cl)c(Cl)c2)c1OC. The molecular formula is C20H22Cl2N2O4. The van der Waals surface area contributed by atoms with Crippen LogP contribution in [0.15, 0.2) is 36.4 Å². The average Bonchev–Trinajstić information content (AvgIpc) is 2.68. The second-order valence-corrected chi connectivity index (χ2v) is 6.89. The van der Waals surface area contributed by atoms with Crippen molar-refractivity contribution in [3.63, 3.8) is 0 Å². The van der Waals surface area contributed by atoms with E-state index in [4.69, 9.17) is 32.7 Å². The monoisotopic (exact) mass is 424 g/mol. The van der Waals surface area contributed by atoms with Crippen LogP contribution in [0, 0.1) is 0 Å². The number of benzene rings is 2. The van der Waals surface area contributed by atoms with Crippen LogP contribution in [0.4, 0.5) is 5.69 Å². The number of methoxy groups -OCH3 is 2. The van der Waals surface area contributed by atoms with E-state index in [2.05, 4.69) is 5.32 Å². The Bertz CT molecular complexity index is 858. The van der Waals surface area contributed by atoms with Gasteiger partial charge in [0.05, 0.1) is 30.8 Å². The zero-order valence-corrected chi connectivity index (χ0v) is 17.4. The summed E-state index contributed by atoms with van der Waals surface area (Å²) in [4.78, 5) is 25.9. The quantitative estimate of drug-likeness (QED) is 0.693. The van der Waals surface area contributed by atoms with Crippen LogP contribution < -0.4 is 14.8 Å². The molecule has 2 aromatic carbocycles. The minimum Gasteiger partial charge on any atom is -0.493 e. The molecule has 0 saturated carbocycles. The summed E-state index contributed by atoms with van der Waals surface area (Å²) in [6.45, 7) is -0.0751. The molecule has 0 bridgehead atoms. The van der Waals surface area contributed by atoms with E-state index in [0.717, 1.165) is 5.56 Å². The molecule has 1 N–H and O–H groups in total. The summed E-state index contributed by atoms with van der Waals surface area (Å²) in [5.74, 6) is 0.738.